The number of hydrogen-bond donors (Lipinski definition) is 3. The Morgan fingerprint density at radius 1 is 1.10 bits per heavy atom. The fourth-order valence-corrected chi connectivity index (χ4v) is 8.16. The van der Waals surface area contributed by atoms with Crippen molar-refractivity contribution in [3.8, 4) is 17.2 Å². The summed E-state index contributed by atoms with van der Waals surface area (Å²) in [6, 6.07) is 4.39. The fraction of sp³-hybridized carbons (Fsp3) is 0.571. The van der Waals surface area contributed by atoms with Crippen molar-refractivity contribution in [1.29, 1.82) is 0 Å². The Labute approximate surface area is 277 Å². The molecule has 3 aliphatic heterocycles. The van der Waals surface area contributed by atoms with Crippen molar-refractivity contribution in [3.63, 3.8) is 0 Å². The zero-order valence-corrected chi connectivity index (χ0v) is 27.6. The zero-order valence-electron chi connectivity index (χ0n) is 27.6. The molecule has 0 amide bonds. The average molecular weight is 668 g/mol. The van der Waals surface area contributed by atoms with Gasteiger partial charge in [-0.15, -0.1) is 0 Å². The maximum Gasteiger partial charge on any atom is 0.202 e. The highest BCUT2D eigenvalue weighted by molar-refractivity contribution is 6.31. The van der Waals surface area contributed by atoms with E-state index in [2.05, 4.69) is 4.90 Å². The van der Waals surface area contributed by atoms with E-state index in [9.17, 15) is 29.7 Å². The molecular weight excluding hydrogens is 626 g/mol. The molecule has 0 aromatic heterocycles. The minimum Gasteiger partial charge on any atom is -0.507 e. The van der Waals surface area contributed by atoms with E-state index < -0.39 is 83.4 Å². The molecule has 13 heteroatoms. The van der Waals surface area contributed by atoms with Crippen LogP contribution in [0.3, 0.4) is 0 Å². The van der Waals surface area contributed by atoms with Gasteiger partial charge < -0.3 is 43.7 Å². The van der Waals surface area contributed by atoms with Crippen LogP contribution in [0.25, 0.3) is 0 Å². The Morgan fingerprint density at radius 3 is 2.56 bits per heavy atom. The standard InChI is InChI=1S/C35H41NO12/c1-6-15(2)32(41)35(42)13-18-24(30(40)26-25(28(18)38)27(37)17-8-7-9-20(43-4)23(17)29(26)39)21(14-35)47-22-12-19-31(16(3)46-22)48-33-34(44-5)45-11-10-36(19)33/h7-9,15-16,19,21-22,31,33-34,38,40,42H,6,10-14H2,1-5H3/t15?,16-,19-,21-,22-,31+,33+,34-,35-/m0/s1. The summed E-state index contributed by atoms with van der Waals surface area (Å²) in [6.45, 7) is 6.45. The number of phenolic OH excluding ortho intramolecular Hbond substituents is 2. The number of ether oxygens (including phenoxy) is 6. The molecule has 2 aromatic carbocycles. The smallest absolute Gasteiger partial charge is 0.202 e. The summed E-state index contributed by atoms with van der Waals surface area (Å²) in [5.74, 6) is -3.38. The van der Waals surface area contributed by atoms with Gasteiger partial charge in [0.15, 0.2) is 30.4 Å². The predicted molar refractivity (Wildman–Crippen MR) is 166 cm³/mol. The van der Waals surface area contributed by atoms with E-state index in [1.54, 1.807) is 20.1 Å². The molecule has 1 unspecified atom stereocenters. The summed E-state index contributed by atoms with van der Waals surface area (Å²) >= 11 is 0. The molecule has 3 saturated heterocycles. The first-order chi connectivity index (χ1) is 22.9. The van der Waals surface area contributed by atoms with Gasteiger partial charge in [-0.1, -0.05) is 26.0 Å². The molecule has 3 fully saturated rings. The van der Waals surface area contributed by atoms with Gasteiger partial charge in [0.05, 0.1) is 42.6 Å². The molecule has 2 aromatic rings. The number of carbonyl (C=O) groups is 3. The maximum absolute atomic E-state index is 14.0. The highest BCUT2D eigenvalue weighted by atomic mass is 16.7. The summed E-state index contributed by atoms with van der Waals surface area (Å²) in [5, 5.41) is 35.6. The van der Waals surface area contributed by atoms with Crippen LogP contribution in [0.5, 0.6) is 17.2 Å². The molecule has 48 heavy (non-hydrogen) atoms. The molecule has 2 aliphatic carbocycles. The number of aromatic hydroxyl groups is 2. The Morgan fingerprint density at radius 2 is 1.85 bits per heavy atom. The Balaban J connectivity index is 1.31. The first-order valence-electron chi connectivity index (χ1n) is 16.4. The first kappa shape index (κ1) is 33.1. The second kappa shape index (κ2) is 12.2. The van der Waals surface area contributed by atoms with Crippen LogP contribution >= 0.6 is 0 Å². The lowest BCUT2D eigenvalue weighted by Gasteiger charge is -2.43. The van der Waals surface area contributed by atoms with E-state index in [1.807, 2.05) is 13.8 Å². The van der Waals surface area contributed by atoms with E-state index >= 15 is 0 Å². The molecule has 0 spiro atoms. The number of Topliss-reactive ketones (excluding diaryl/α,β-unsaturated/α-hetero) is 1. The van der Waals surface area contributed by atoms with Crippen molar-refractivity contribution in [2.45, 2.75) is 95.2 Å². The molecule has 9 atom stereocenters. The maximum atomic E-state index is 14.0. The molecule has 3 N–H and O–H groups in total. The van der Waals surface area contributed by atoms with E-state index in [-0.39, 0.29) is 52.1 Å². The van der Waals surface area contributed by atoms with E-state index in [0.29, 0.717) is 26.0 Å². The third-order valence-corrected chi connectivity index (χ3v) is 10.7. The molecule has 3 heterocycles. The average Bonchev–Trinajstić information content (AvgIpc) is 3.46. The van der Waals surface area contributed by atoms with Crippen molar-refractivity contribution in [1.82, 2.24) is 4.90 Å². The minimum absolute atomic E-state index is 0.00566. The summed E-state index contributed by atoms with van der Waals surface area (Å²) in [6.07, 6.45) is -3.70. The van der Waals surface area contributed by atoms with E-state index in [4.69, 9.17) is 28.4 Å². The van der Waals surface area contributed by atoms with Crippen LogP contribution in [-0.2, 0) is 34.9 Å². The largest absolute Gasteiger partial charge is 0.507 e. The highest BCUT2D eigenvalue weighted by Crippen LogP contribution is 2.53. The highest BCUT2D eigenvalue weighted by Gasteiger charge is 2.55. The van der Waals surface area contributed by atoms with Gasteiger partial charge in [-0.2, -0.15) is 0 Å². The number of hydrogen-bond acceptors (Lipinski definition) is 13. The Kier molecular flexibility index (Phi) is 8.38. The van der Waals surface area contributed by atoms with Gasteiger partial charge in [0.2, 0.25) is 5.78 Å². The van der Waals surface area contributed by atoms with Crippen LogP contribution < -0.4 is 4.74 Å². The number of benzene rings is 2. The quantitative estimate of drug-likeness (QED) is 0.315. The van der Waals surface area contributed by atoms with Crippen LogP contribution in [-0.4, -0.2) is 108 Å². The molecule has 258 valence electrons. The lowest BCUT2D eigenvalue weighted by molar-refractivity contribution is -0.256. The van der Waals surface area contributed by atoms with E-state index in [0.717, 1.165) is 0 Å². The van der Waals surface area contributed by atoms with Crippen molar-refractivity contribution in [2.75, 3.05) is 27.4 Å². The summed E-state index contributed by atoms with van der Waals surface area (Å²) < 4.78 is 35.8. The second-order valence-corrected chi connectivity index (χ2v) is 13.4. The number of carbonyl (C=O) groups excluding carboxylic acids is 3. The molecule has 0 saturated carbocycles. The zero-order chi connectivity index (χ0) is 34.2. The summed E-state index contributed by atoms with van der Waals surface area (Å²) in [5.41, 5.74) is -2.82. The molecule has 5 aliphatic rings. The van der Waals surface area contributed by atoms with Crippen LogP contribution in [0.4, 0.5) is 0 Å². The summed E-state index contributed by atoms with van der Waals surface area (Å²) in [7, 11) is 2.92. The number of rotatable bonds is 7. The van der Waals surface area contributed by atoms with Gasteiger partial charge in [0.25, 0.3) is 0 Å². The van der Waals surface area contributed by atoms with Gasteiger partial charge in [-0.25, -0.2) is 0 Å². The lowest BCUT2D eigenvalue weighted by atomic mass is 9.70. The predicted octanol–water partition coefficient (Wildman–Crippen LogP) is 2.77. The van der Waals surface area contributed by atoms with Crippen LogP contribution in [0, 0.1) is 5.92 Å². The number of aliphatic hydroxyl groups is 1. The Hall–Kier alpha value is -3.43. The minimum atomic E-state index is -2.01. The molecule has 0 radical (unpaired) electrons. The molecule has 13 nitrogen and oxygen atoms in total. The third kappa shape index (κ3) is 4.90. The normalized spacial score (nSPS) is 33.2. The van der Waals surface area contributed by atoms with E-state index in [1.165, 1.54) is 19.2 Å². The van der Waals surface area contributed by atoms with Crippen LogP contribution in [0.1, 0.15) is 89.1 Å². The number of methoxy groups -OCH3 is 2. The van der Waals surface area contributed by atoms with Gasteiger partial charge in [-0.3, -0.25) is 19.3 Å². The van der Waals surface area contributed by atoms with Crippen LogP contribution in [0.15, 0.2) is 18.2 Å². The van der Waals surface area contributed by atoms with Gasteiger partial charge in [0, 0.05) is 61.6 Å². The van der Waals surface area contributed by atoms with Gasteiger partial charge in [0.1, 0.15) is 29.0 Å². The lowest BCUT2D eigenvalue weighted by Crippen LogP contribution is -2.55. The second-order valence-electron chi connectivity index (χ2n) is 13.4. The monoisotopic (exact) mass is 667 g/mol. The molecular formula is C35H41NO12. The van der Waals surface area contributed by atoms with Crippen LogP contribution in [0.2, 0.25) is 0 Å². The molecule has 7 rings (SSSR count). The number of phenols is 2. The van der Waals surface area contributed by atoms with Gasteiger partial charge in [-0.05, 0) is 19.4 Å². The van der Waals surface area contributed by atoms with Crippen molar-refractivity contribution in [3.05, 3.63) is 51.6 Å². The molecule has 0 bridgehead atoms. The first-order valence-corrected chi connectivity index (χ1v) is 16.4. The number of ketones is 3. The van der Waals surface area contributed by atoms with Crippen molar-refractivity contribution in [2.24, 2.45) is 5.92 Å². The van der Waals surface area contributed by atoms with Crippen molar-refractivity contribution >= 4 is 17.3 Å². The Bertz CT molecular complexity index is 1680. The third-order valence-electron chi connectivity index (χ3n) is 10.7. The number of nitrogens with zero attached hydrogens (tertiary/aromatic N) is 1. The summed E-state index contributed by atoms with van der Waals surface area (Å²) in [4.78, 5) is 43.7. The van der Waals surface area contributed by atoms with Crippen molar-refractivity contribution < 1.29 is 58.1 Å². The van der Waals surface area contributed by atoms with Gasteiger partial charge >= 0.3 is 0 Å². The SMILES string of the molecule is CCC(C)C(=O)[C@]1(O)Cc2c(O)c3c(c(O)c2[C@@H](O[C@H]2C[C@H]4[C@H](O[C@@H]5[C@@H](OC)OCCN54)[C@H](C)O2)C1)C(=O)c1c(OC)cccc1C3=O. The topological polar surface area (TPSA) is 171 Å². The number of morpholine rings is 1. The fourth-order valence-electron chi connectivity index (χ4n) is 8.16. The number of fused-ring (bicyclic) bond motifs is 6.